The van der Waals surface area contributed by atoms with Crippen LogP contribution in [0.25, 0.3) is 27.7 Å². The number of carbonyl (C=O) groups excluding carboxylic acids is 1. The molecule has 5 rings (SSSR count). The predicted molar refractivity (Wildman–Crippen MR) is 119 cm³/mol. The summed E-state index contributed by atoms with van der Waals surface area (Å²) in [5.41, 5.74) is 4.20. The lowest BCUT2D eigenvalue weighted by Gasteiger charge is -2.23. The van der Waals surface area contributed by atoms with Crippen molar-refractivity contribution in [3.8, 4) is 16.8 Å². The molecule has 31 heavy (non-hydrogen) atoms. The second-order valence-corrected chi connectivity index (χ2v) is 8.10. The van der Waals surface area contributed by atoms with Crippen LogP contribution in [0.5, 0.6) is 0 Å². The number of hydrogen-bond donors (Lipinski definition) is 0. The van der Waals surface area contributed by atoms with Crippen LogP contribution >= 0.6 is 0 Å². The molecule has 0 radical (unpaired) electrons. The zero-order valence-corrected chi connectivity index (χ0v) is 17.5. The molecular formula is C24H24N6O. The summed E-state index contributed by atoms with van der Waals surface area (Å²) in [5.74, 6) is 0.693. The molecular weight excluding hydrogens is 388 g/mol. The van der Waals surface area contributed by atoms with E-state index in [9.17, 15) is 4.79 Å². The Hall–Kier alpha value is -3.61. The minimum absolute atomic E-state index is 0.0538. The Balaban J connectivity index is 1.63. The smallest absolute Gasteiger partial charge is 0.253 e. The Kier molecular flexibility index (Phi) is 5.16. The summed E-state index contributed by atoms with van der Waals surface area (Å²) in [4.78, 5) is 20.1. The number of benzene rings is 2. The molecule has 1 aliphatic rings. The lowest BCUT2D eigenvalue weighted by atomic mass is 9.98. The molecule has 4 aromatic rings. The van der Waals surface area contributed by atoms with Crippen molar-refractivity contribution in [3.05, 3.63) is 66.6 Å². The van der Waals surface area contributed by atoms with Gasteiger partial charge in [-0.15, -0.1) is 5.10 Å². The summed E-state index contributed by atoms with van der Waals surface area (Å²) >= 11 is 0. The van der Waals surface area contributed by atoms with Crippen LogP contribution < -0.4 is 0 Å². The molecule has 0 bridgehead atoms. The molecule has 0 N–H and O–H groups in total. The lowest BCUT2D eigenvalue weighted by molar-refractivity contribution is 0.0747. The zero-order chi connectivity index (χ0) is 21.2. The maximum atomic E-state index is 13.5. The molecule has 0 saturated heterocycles. The molecule has 2 aromatic carbocycles. The molecule has 7 nitrogen and oxygen atoms in total. The maximum absolute atomic E-state index is 13.5. The van der Waals surface area contributed by atoms with Crippen LogP contribution in [-0.2, 0) is 0 Å². The Morgan fingerprint density at radius 2 is 2.03 bits per heavy atom. The summed E-state index contributed by atoms with van der Waals surface area (Å²) in [5, 5.41) is 12.6. The number of para-hydroxylation sites is 1. The highest BCUT2D eigenvalue weighted by Crippen LogP contribution is 2.32. The minimum atomic E-state index is 0.0538. The Morgan fingerprint density at radius 1 is 1.16 bits per heavy atom. The second-order valence-electron chi connectivity index (χ2n) is 8.10. The number of amides is 1. The predicted octanol–water partition coefficient (Wildman–Crippen LogP) is 4.14. The van der Waals surface area contributed by atoms with Crippen LogP contribution in [0.2, 0.25) is 0 Å². The number of tetrazole rings is 1. The quantitative estimate of drug-likeness (QED) is 0.456. The van der Waals surface area contributed by atoms with E-state index in [-0.39, 0.29) is 5.91 Å². The number of aromatic nitrogens is 5. The van der Waals surface area contributed by atoms with E-state index in [1.807, 2.05) is 53.4 Å². The lowest BCUT2D eigenvalue weighted by Crippen LogP contribution is -2.33. The van der Waals surface area contributed by atoms with Crippen molar-refractivity contribution in [2.75, 3.05) is 13.1 Å². The minimum Gasteiger partial charge on any atom is -0.338 e. The fourth-order valence-corrected chi connectivity index (χ4v) is 3.98. The first-order chi connectivity index (χ1) is 15.2. The van der Waals surface area contributed by atoms with E-state index in [0.717, 1.165) is 47.2 Å². The van der Waals surface area contributed by atoms with Gasteiger partial charge in [-0.3, -0.25) is 9.78 Å². The van der Waals surface area contributed by atoms with Crippen LogP contribution in [-0.4, -0.2) is 49.1 Å². The number of carbonyl (C=O) groups is 1. The zero-order valence-electron chi connectivity index (χ0n) is 17.5. The standard InChI is InChI=1S/C24H24N6O/c1-2-11-29(15-17-8-9-17)24(31)20-12-19(13-21(14-20)30-16-26-27-28-30)22-7-3-5-18-6-4-10-25-23(18)22/h3-7,10,12-14,16-17H,2,8-9,11,15H2,1H3. The molecule has 2 heterocycles. The molecule has 1 fully saturated rings. The highest BCUT2D eigenvalue weighted by atomic mass is 16.2. The fraction of sp³-hybridized carbons (Fsp3) is 0.292. The first-order valence-electron chi connectivity index (χ1n) is 10.7. The molecule has 0 aliphatic heterocycles. The van der Waals surface area contributed by atoms with Gasteiger partial charge < -0.3 is 4.90 Å². The first kappa shape index (κ1) is 19.4. The Labute approximate surface area is 180 Å². The molecule has 1 saturated carbocycles. The van der Waals surface area contributed by atoms with Gasteiger partial charge in [0.2, 0.25) is 0 Å². The monoisotopic (exact) mass is 412 g/mol. The molecule has 2 aromatic heterocycles. The third-order valence-electron chi connectivity index (χ3n) is 5.68. The van der Waals surface area contributed by atoms with Gasteiger partial charge in [0.15, 0.2) is 0 Å². The van der Waals surface area contributed by atoms with Crippen LogP contribution in [0, 0.1) is 5.92 Å². The van der Waals surface area contributed by atoms with Crippen molar-refractivity contribution >= 4 is 16.8 Å². The van der Waals surface area contributed by atoms with Crippen molar-refractivity contribution in [3.63, 3.8) is 0 Å². The van der Waals surface area contributed by atoms with Crippen LogP contribution in [0.1, 0.15) is 36.5 Å². The van der Waals surface area contributed by atoms with Gasteiger partial charge in [-0.05, 0) is 65.4 Å². The largest absolute Gasteiger partial charge is 0.338 e. The van der Waals surface area contributed by atoms with Gasteiger partial charge in [0, 0.05) is 35.8 Å². The number of fused-ring (bicyclic) bond motifs is 1. The average molecular weight is 412 g/mol. The molecule has 156 valence electrons. The molecule has 1 amide bonds. The summed E-state index contributed by atoms with van der Waals surface area (Å²) in [6.45, 7) is 3.69. The van der Waals surface area contributed by atoms with E-state index in [2.05, 4.69) is 27.4 Å². The third-order valence-corrected chi connectivity index (χ3v) is 5.68. The van der Waals surface area contributed by atoms with Crippen molar-refractivity contribution in [1.29, 1.82) is 0 Å². The summed E-state index contributed by atoms with van der Waals surface area (Å²) < 4.78 is 1.59. The van der Waals surface area contributed by atoms with Crippen molar-refractivity contribution < 1.29 is 4.79 Å². The summed E-state index contributed by atoms with van der Waals surface area (Å²) in [6.07, 6.45) is 6.70. The van der Waals surface area contributed by atoms with Gasteiger partial charge in [-0.2, -0.15) is 0 Å². The molecule has 0 spiro atoms. The van der Waals surface area contributed by atoms with Gasteiger partial charge in [-0.1, -0.05) is 31.2 Å². The van der Waals surface area contributed by atoms with E-state index in [0.29, 0.717) is 11.5 Å². The van der Waals surface area contributed by atoms with E-state index >= 15 is 0 Å². The number of nitrogens with zero attached hydrogens (tertiary/aromatic N) is 6. The summed E-state index contributed by atoms with van der Waals surface area (Å²) in [6, 6.07) is 15.9. The highest BCUT2D eigenvalue weighted by molar-refractivity contribution is 5.99. The van der Waals surface area contributed by atoms with Gasteiger partial charge >= 0.3 is 0 Å². The van der Waals surface area contributed by atoms with E-state index < -0.39 is 0 Å². The van der Waals surface area contributed by atoms with Crippen molar-refractivity contribution in [2.24, 2.45) is 5.92 Å². The van der Waals surface area contributed by atoms with E-state index in [1.165, 1.54) is 12.8 Å². The van der Waals surface area contributed by atoms with Gasteiger partial charge in [0.1, 0.15) is 6.33 Å². The first-order valence-corrected chi connectivity index (χ1v) is 10.7. The van der Waals surface area contributed by atoms with Crippen LogP contribution in [0.15, 0.2) is 61.1 Å². The summed E-state index contributed by atoms with van der Waals surface area (Å²) in [7, 11) is 0. The van der Waals surface area contributed by atoms with Crippen LogP contribution in [0.4, 0.5) is 0 Å². The highest BCUT2D eigenvalue weighted by Gasteiger charge is 2.27. The molecule has 1 aliphatic carbocycles. The normalized spacial score (nSPS) is 13.5. The number of rotatable bonds is 7. The number of hydrogen-bond acceptors (Lipinski definition) is 5. The van der Waals surface area contributed by atoms with Crippen molar-refractivity contribution in [2.45, 2.75) is 26.2 Å². The second kappa shape index (κ2) is 8.26. The van der Waals surface area contributed by atoms with E-state index in [4.69, 9.17) is 0 Å². The van der Waals surface area contributed by atoms with Gasteiger partial charge in [0.05, 0.1) is 11.2 Å². The Morgan fingerprint density at radius 3 is 2.81 bits per heavy atom. The average Bonchev–Trinajstić information content (AvgIpc) is 3.46. The van der Waals surface area contributed by atoms with E-state index in [1.54, 1.807) is 17.2 Å². The molecule has 0 unspecified atom stereocenters. The molecule has 0 atom stereocenters. The van der Waals surface area contributed by atoms with Gasteiger partial charge in [-0.25, -0.2) is 4.68 Å². The number of pyridine rings is 1. The third kappa shape index (κ3) is 4.03. The van der Waals surface area contributed by atoms with Gasteiger partial charge in [0.25, 0.3) is 5.91 Å². The Bertz CT molecular complexity index is 1210. The maximum Gasteiger partial charge on any atom is 0.253 e. The molecule has 7 heteroatoms. The fourth-order valence-electron chi connectivity index (χ4n) is 3.98. The SMILES string of the molecule is CCCN(CC1CC1)C(=O)c1cc(-c2cccc3cccnc23)cc(-n2cnnn2)c1. The topological polar surface area (TPSA) is 76.8 Å². The van der Waals surface area contributed by atoms with Crippen molar-refractivity contribution in [1.82, 2.24) is 30.1 Å². The van der Waals surface area contributed by atoms with Crippen LogP contribution in [0.3, 0.4) is 0 Å².